The minimum atomic E-state index is -4.56. The average molecular weight is 588 g/mol. The van der Waals surface area contributed by atoms with Crippen molar-refractivity contribution < 1.29 is 22.6 Å². The third-order valence-corrected chi connectivity index (χ3v) is 5.89. The van der Waals surface area contributed by atoms with Crippen LogP contribution in [-0.2, 0) is 6.18 Å². The van der Waals surface area contributed by atoms with Crippen molar-refractivity contribution in [3.8, 4) is 22.9 Å². The highest BCUT2D eigenvalue weighted by Crippen LogP contribution is 2.35. The van der Waals surface area contributed by atoms with Gasteiger partial charge in [-0.2, -0.15) is 22.9 Å². The molecule has 0 saturated heterocycles. The number of hydrogen-bond acceptors (Lipinski definition) is 5. The molecule has 6 nitrogen and oxygen atoms in total. The SMILES string of the molecule is COc1cc(Br)cc(C=Nn2c(-c3cccc(C(F)(F)F)c3)nc3ccccc3c2=O)c1OCC(C)(C)C. The van der Waals surface area contributed by atoms with E-state index in [0.29, 0.717) is 33.7 Å². The number of rotatable bonds is 6. The minimum Gasteiger partial charge on any atom is -0.493 e. The molecule has 0 fully saturated rings. The van der Waals surface area contributed by atoms with Gasteiger partial charge in [0.1, 0.15) is 0 Å². The largest absolute Gasteiger partial charge is 0.493 e. The van der Waals surface area contributed by atoms with Gasteiger partial charge in [0.2, 0.25) is 0 Å². The molecule has 1 aromatic heterocycles. The van der Waals surface area contributed by atoms with Gasteiger partial charge < -0.3 is 9.47 Å². The highest BCUT2D eigenvalue weighted by Gasteiger charge is 2.31. The highest BCUT2D eigenvalue weighted by molar-refractivity contribution is 9.10. The second-order valence-corrected chi connectivity index (χ2v) is 10.7. The maximum Gasteiger partial charge on any atom is 0.416 e. The van der Waals surface area contributed by atoms with Crippen LogP contribution in [0.2, 0.25) is 0 Å². The van der Waals surface area contributed by atoms with E-state index in [1.165, 1.54) is 25.5 Å². The second kappa shape index (κ2) is 10.6. The molecule has 0 amide bonds. The Balaban J connectivity index is 1.92. The molecule has 0 saturated carbocycles. The fourth-order valence-electron chi connectivity index (χ4n) is 3.65. The molecule has 1 heterocycles. The van der Waals surface area contributed by atoms with Gasteiger partial charge in [-0.3, -0.25) is 4.79 Å². The zero-order valence-corrected chi connectivity index (χ0v) is 22.7. The molecular weight excluding hydrogens is 563 g/mol. The van der Waals surface area contributed by atoms with Crippen LogP contribution < -0.4 is 15.0 Å². The predicted molar refractivity (Wildman–Crippen MR) is 145 cm³/mol. The predicted octanol–water partition coefficient (Wildman–Crippen LogP) is 7.16. The van der Waals surface area contributed by atoms with E-state index in [1.807, 2.05) is 20.8 Å². The maximum absolute atomic E-state index is 13.5. The molecule has 0 radical (unpaired) electrons. The minimum absolute atomic E-state index is 0.0322. The van der Waals surface area contributed by atoms with Gasteiger partial charge in [-0.05, 0) is 41.8 Å². The van der Waals surface area contributed by atoms with Crippen molar-refractivity contribution >= 4 is 33.0 Å². The van der Waals surface area contributed by atoms with Gasteiger partial charge in [0.25, 0.3) is 5.56 Å². The molecule has 4 aromatic rings. The molecule has 0 atom stereocenters. The molecule has 0 unspecified atom stereocenters. The topological polar surface area (TPSA) is 65.7 Å². The number of alkyl halides is 3. The Morgan fingerprint density at radius 1 is 1.05 bits per heavy atom. The number of ether oxygens (including phenoxy) is 2. The van der Waals surface area contributed by atoms with E-state index in [-0.39, 0.29) is 22.2 Å². The van der Waals surface area contributed by atoms with E-state index in [9.17, 15) is 18.0 Å². The Hall–Kier alpha value is -3.66. The van der Waals surface area contributed by atoms with Gasteiger partial charge >= 0.3 is 6.18 Å². The maximum atomic E-state index is 13.5. The summed E-state index contributed by atoms with van der Waals surface area (Å²) in [6, 6.07) is 14.7. The number of nitrogens with zero attached hydrogens (tertiary/aromatic N) is 3. The monoisotopic (exact) mass is 587 g/mol. The zero-order chi connectivity index (χ0) is 27.7. The average Bonchev–Trinajstić information content (AvgIpc) is 2.86. The third-order valence-electron chi connectivity index (χ3n) is 5.43. The van der Waals surface area contributed by atoms with Crippen LogP contribution in [0, 0.1) is 5.41 Å². The normalized spacial score (nSPS) is 12.3. The van der Waals surface area contributed by atoms with Crippen molar-refractivity contribution in [2.45, 2.75) is 26.9 Å². The van der Waals surface area contributed by atoms with Crippen LogP contribution in [0.4, 0.5) is 13.2 Å². The van der Waals surface area contributed by atoms with Crippen molar-refractivity contribution in [1.82, 2.24) is 9.66 Å². The second-order valence-electron chi connectivity index (χ2n) is 9.77. The van der Waals surface area contributed by atoms with Crippen molar-refractivity contribution in [1.29, 1.82) is 0 Å². The number of benzene rings is 3. The lowest BCUT2D eigenvalue weighted by molar-refractivity contribution is -0.137. The van der Waals surface area contributed by atoms with Gasteiger partial charge in [-0.15, -0.1) is 0 Å². The van der Waals surface area contributed by atoms with E-state index in [4.69, 9.17) is 9.47 Å². The molecule has 10 heteroatoms. The van der Waals surface area contributed by atoms with Crippen LogP contribution in [0.5, 0.6) is 11.5 Å². The highest BCUT2D eigenvalue weighted by atomic mass is 79.9. The first-order valence-corrected chi connectivity index (χ1v) is 12.4. The molecule has 0 N–H and O–H groups in total. The summed E-state index contributed by atoms with van der Waals surface area (Å²) in [5, 5.41) is 4.67. The van der Waals surface area contributed by atoms with Crippen LogP contribution in [0.15, 0.2) is 75.0 Å². The summed E-state index contributed by atoms with van der Waals surface area (Å²) >= 11 is 3.44. The number of aromatic nitrogens is 2. The van der Waals surface area contributed by atoms with Gasteiger partial charge in [0, 0.05) is 15.6 Å². The molecular formula is C28H25BrF3N3O3. The molecule has 4 rings (SSSR count). The first-order valence-electron chi connectivity index (χ1n) is 11.6. The van der Waals surface area contributed by atoms with Gasteiger partial charge in [-0.1, -0.05) is 61.0 Å². The fourth-order valence-corrected chi connectivity index (χ4v) is 4.11. The van der Waals surface area contributed by atoms with Crippen LogP contribution in [-0.4, -0.2) is 29.6 Å². The van der Waals surface area contributed by atoms with Gasteiger partial charge in [0.05, 0.1) is 36.4 Å². The van der Waals surface area contributed by atoms with Crippen molar-refractivity contribution in [2.75, 3.05) is 13.7 Å². The number of para-hydroxylation sites is 1. The summed E-state index contributed by atoms with van der Waals surface area (Å²) in [5.74, 6) is 0.833. The standard InChI is InChI=1S/C28H25BrF3N3O3/c1-27(2,3)16-38-24-18(13-20(29)14-23(24)37-4)15-33-35-25(17-8-7-9-19(12-17)28(30,31)32)34-22-11-6-5-10-21(22)26(35)36/h5-15H,16H2,1-4H3. The van der Waals surface area contributed by atoms with Crippen molar-refractivity contribution in [3.63, 3.8) is 0 Å². The Morgan fingerprint density at radius 3 is 2.47 bits per heavy atom. The lowest BCUT2D eigenvalue weighted by Gasteiger charge is -2.21. The lowest BCUT2D eigenvalue weighted by atomic mass is 9.98. The molecule has 0 spiro atoms. The molecule has 198 valence electrons. The summed E-state index contributed by atoms with van der Waals surface area (Å²) in [6.07, 6.45) is -3.16. The molecule has 0 bridgehead atoms. The smallest absolute Gasteiger partial charge is 0.416 e. The molecule has 0 aliphatic rings. The Bertz CT molecular complexity index is 1570. The number of halogens is 4. The molecule has 38 heavy (non-hydrogen) atoms. The van der Waals surface area contributed by atoms with Crippen LogP contribution in [0.25, 0.3) is 22.3 Å². The summed E-state index contributed by atoms with van der Waals surface area (Å²) in [7, 11) is 1.51. The van der Waals surface area contributed by atoms with Gasteiger partial charge in [-0.25, -0.2) is 4.98 Å². The summed E-state index contributed by atoms with van der Waals surface area (Å²) in [6.45, 7) is 6.44. The molecule has 3 aromatic carbocycles. The molecule has 0 aliphatic carbocycles. The summed E-state index contributed by atoms with van der Waals surface area (Å²) in [4.78, 5) is 18.0. The summed E-state index contributed by atoms with van der Waals surface area (Å²) < 4.78 is 53.6. The number of methoxy groups -OCH3 is 1. The van der Waals surface area contributed by atoms with Gasteiger partial charge in [0.15, 0.2) is 17.3 Å². The lowest BCUT2D eigenvalue weighted by Crippen LogP contribution is -2.21. The Kier molecular flexibility index (Phi) is 7.64. The van der Waals surface area contributed by atoms with E-state index >= 15 is 0 Å². The van der Waals surface area contributed by atoms with E-state index in [0.717, 1.165) is 16.8 Å². The van der Waals surface area contributed by atoms with Crippen molar-refractivity contribution in [2.24, 2.45) is 10.5 Å². The van der Waals surface area contributed by atoms with E-state index < -0.39 is 17.3 Å². The van der Waals surface area contributed by atoms with Crippen molar-refractivity contribution in [3.05, 3.63) is 86.6 Å². The Morgan fingerprint density at radius 2 is 1.79 bits per heavy atom. The first kappa shape index (κ1) is 27.4. The van der Waals surface area contributed by atoms with E-state index in [1.54, 1.807) is 36.4 Å². The quantitative estimate of drug-likeness (QED) is 0.224. The number of fused-ring (bicyclic) bond motifs is 1. The first-order chi connectivity index (χ1) is 17.9. The van der Waals surface area contributed by atoms with Crippen LogP contribution in [0.1, 0.15) is 31.9 Å². The van der Waals surface area contributed by atoms with Crippen LogP contribution in [0.3, 0.4) is 0 Å². The fraction of sp³-hybridized carbons (Fsp3) is 0.250. The van der Waals surface area contributed by atoms with E-state index in [2.05, 4.69) is 26.0 Å². The number of hydrogen-bond donors (Lipinski definition) is 0. The zero-order valence-electron chi connectivity index (χ0n) is 21.1. The Labute approximate surface area is 225 Å². The third kappa shape index (κ3) is 6.07. The van der Waals surface area contributed by atoms with Crippen LogP contribution >= 0.6 is 15.9 Å². The molecule has 0 aliphatic heterocycles. The summed E-state index contributed by atoms with van der Waals surface area (Å²) in [5.41, 5.74) is -0.607.